The predicted octanol–water partition coefficient (Wildman–Crippen LogP) is 1.86. The third kappa shape index (κ3) is 3.59. The molecule has 1 saturated heterocycles. The lowest BCUT2D eigenvalue weighted by molar-refractivity contribution is -0.121. The van der Waals surface area contributed by atoms with Gasteiger partial charge in [-0.05, 0) is 68.9 Å². The lowest BCUT2D eigenvalue weighted by Crippen LogP contribution is -2.38. The lowest BCUT2D eigenvalue weighted by Gasteiger charge is -2.35. The number of fused-ring (bicyclic) bond motifs is 2. The molecule has 4 heteroatoms. The Hall–Kier alpha value is -1.39. The number of hydrogen-bond acceptors (Lipinski definition) is 3. The van der Waals surface area contributed by atoms with E-state index in [-0.39, 0.29) is 5.91 Å². The van der Waals surface area contributed by atoms with Gasteiger partial charge in [0.15, 0.2) is 0 Å². The van der Waals surface area contributed by atoms with Gasteiger partial charge in [0, 0.05) is 19.5 Å². The highest BCUT2D eigenvalue weighted by Gasteiger charge is 2.44. The Morgan fingerprint density at radius 3 is 2.78 bits per heavy atom. The second-order valence-electron chi connectivity index (χ2n) is 7.38. The molecule has 0 aromatic heterocycles. The maximum atomic E-state index is 12.3. The summed E-state index contributed by atoms with van der Waals surface area (Å²) in [4.78, 5) is 14.4. The molecule has 23 heavy (non-hydrogen) atoms. The molecule has 3 rings (SSSR count). The van der Waals surface area contributed by atoms with E-state index < -0.39 is 0 Å². The number of benzene rings is 1. The molecule has 0 radical (unpaired) electrons. The third-order valence-electron chi connectivity index (χ3n) is 5.48. The molecule has 2 N–H and O–H groups in total. The van der Waals surface area contributed by atoms with Gasteiger partial charge in [0.25, 0.3) is 0 Å². The van der Waals surface area contributed by atoms with Crippen LogP contribution < -0.4 is 10.6 Å². The van der Waals surface area contributed by atoms with E-state index in [0.29, 0.717) is 17.8 Å². The molecule has 1 aliphatic carbocycles. The summed E-state index contributed by atoms with van der Waals surface area (Å²) in [6.45, 7) is 3.81. The van der Waals surface area contributed by atoms with Gasteiger partial charge in [-0.2, -0.15) is 0 Å². The minimum Gasteiger partial charge on any atom is -0.355 e. The van der Waals surface area contributed by atoms with Crippen LogP contribution in [-0.2, 0) is 10.2 Å². The van der Waals surface area contributed by atoms with Gasteiger partial charge in [0.05, 0.1) is 0 Å². The van der Waals surface area contributed by atoms with Crippen LogP contribution in [0.5, 0.6) is 0 Å². The molecule has 126 valence electrons. The first kappa shape index (κ1) is 16.5. The number of carbonyl (C=O) groups is 1. The number of hydrogen-bond donors (Lipinski definition) is 2. The van der Waals surface area contributed by atoms with Crippen LogP contribution in [0, 0.1) is 0 Å². The van der Waals surface area contributed by atoms with Crippen molar-refractivity contribution in [2.24, 2.45) is 0 Å². The van der Waals surface area contributed by atoms with E-state index in [1.807, 2.05) is 14.1 Å². The number of rotatable bonds is 5. The Labute approximate surface area is 139 Å². The number of likely N-dealkylation sites (N-methyl/N-ethyl adjacent to an activating group) is 1. The van der Waals surface area contributed by atoms with Crippen molar-refractivity contribution in [3.05, 3.63) is 35.4 Å². The Morgan fingerprint density at radius 2 is 2.04 bits per heavy atom. The number of amides is 1. The van der Waals surface area contributed by atoms with Crippen LogP contribution in [-0.4, -0.2) is 51.1 Å². The number of nitrogens with zero attached hydrogens (tertiary/aromatic N) is 1. The van der Waals surface area contributed by atoms with Crippen LogP contribution in [0.2, 0.25) is 0 Å². The van der Waals surface area contributed by atoms with Crippen molar-refractivity contribution >= 4 is 5.91 Å². The summed E-state index contributed by atoms with van der Waals surface area (Å²) in [5.41, 5.74) is 3.22. The first-order chi connectivity index (χ1) is 11.1. The Kier molecular flexibility index (Phi) is 5.02. The number of carbonyl (C=O) groups excluding carboxylic acids is 1. The summed E-state index contributed by atoms with van der Waals surface area (Å²) in [7, 11) is 4.06. The molecule has 0 unspecified atom stereocenters. The average molecular weight is 315 g/mol. The molecule has 1 fully saturated rings. The Morgan fingerprint density at radius 1 is 1.30 bits per heavy atom. The number of piperidine rings is 1. The molecule has 2 aliphatic rings. The molecule has 1 heterocycles. The highest BCUT2D eigenvalue weighted by Crippen LogP contribution is 2.51. The van der Waals surface area contributed by atoms with E-state index in [0.717, 1.165) is 32.6 Å². The van der Waals surface area contributed by atoms with Crippen LogP contribution in [0.15, 0.2) is 24.3 Å². The fraction of sp³-hybridized carbons (Fsp3) is 0.632. The van der Waals surface area contributed by atoms with E-state index in [1.54, 1.807) is 0 Å². The molecule has 1 aromatic rings. The fourth-order valence-electron chi connectivity index (χ4n) is 4.30. The molecular formula is C19H29N3O. The molecule has 1 spiro atoms. The molecule has 1 amide bonds. The van der Waals surface area contributed by atoms with Gasteiger partial charge < -0.3 is 15.5 Å². The summed E-state index contributed by atoms with van der Waals surface area (Å²) >= 11 is 0. The third-order valence-corrected chi connectivity index (χ3v) is 5.48. The summed E-state index contributed by atoms with van der Waals surface area (Å²) in [5, 5.41) is 6.55. The van der Waals surface area contributed by atoms with Gasteiger partial charge >= 0.3 is 0 Å². The van der Waals surface area contributed by atoms with Gasteiger partial charge in [-0.25, -0.2) is 0 Å². The SMILES string of the molecule is CN(C)CCNC(=O)C[C@@H]1CC2(CCNCC2)c2ccccc21. The van der Waals surface area contributed by atoms with Crippen molar-refractivity contribution in [2.45, 2.75) is 37.0 Å². The molecule has 0 saturated carbocycles. The molecule has 1 aromatic carbocycles. The maximum absolute atomic E-state index is 12.3. The Bertz CT molecular complexity index is 549. The molecule has 1 aliphatic heterocycles. The van der Waals surface area contributed by atoms with Crippen molar-refractivity contribution in [3.63, 3.8) is 0 Å². The van der Waals surface area contributed by atoms with Crippen molar-refractivity contribution in [1.82, 2.24) is 15.5 Å². The van der Waals surface area contributed by atoms with E-state index in [4.69, 9.17) is 0 Å². The van der Waals surface area contributed by atoms with Crippen molar-refractivity contribution in [3.8, 4) is 0 Å². The average Bonchev–Trinajstić information content (AvgIpc) is 2.82. The predicted molar refractivity (Wildman–Crippen MR) is 93.8 cm³/mol. The van der Waals surface area contributed by atoms with Gasteiger partial charge in [-0.3, -0.25) is 4.79 Å². The summed E-state index contributed by atoms with van der Waals surface area (Å²) in [6, 6.07) is 8.81. The molecule has 4 nitrogen and oxygen atoms in total. The molecular weight excluding hydrogens is 286 g/mol. The van der Waals surface area contributed by atoms with Gasteiger partial charge in [0.2, 0.25) is 5.91 Å². The second kappa shape index (κ2) is 7.02. The smallest absolute Gasteiger partial charge is 0.220 e. The number of nitrogens with one attached hydrogen (secondary N) is 2. The zero-order valence-corrected chi connectivity index (χ0v) is 14.4. The van der Waals surface area contributed by atoms with Crippen molar-refractivity contribution < 1.29 is 4.79 Å². The monoisotopic (exact) mass is 315 g/mol. The van der Waals surface area contributed by atoms with E-state index in [9.17, 15) is 4.79 Å². The van der Waals surface area contributed by atoms with E-state index >= 15 is 0 Å². The van der Waals surface area contributed by atoms with Gasteiger partial charge in [-0.15, -0.1) is 0 Å². The first-order valence-electron chi connectivity index (χ1n) is 8.82. The summed E-state index contributed by atoms with van der Waals surface area (Å²) in [5.74, 6) is 0.571. The van der Waals surface area contributed by atoms with Crippen molar-refractivity contribution in [2.75, 3.05) is 40.3 Å². The zero-order chi connectivity index (χ0) is 16.3. The molecule has 0 bridgehead atoms. The van der Waals surface area contributed by atoms with Crippen LogP contribution in [0.4, 0.5) is 0 Å². The van der Waals surface area contributed by atoms with Crippen LogP contribution in [0.1, 0.15) is 42.7 Å². The lowest BCUT2D eigenvalue weighted by atomic mass is 9.73. The van der Waals surface area contributed by atoms with Crippen LogP contribution in [0.3, 0.4) is 0 Å². The highest BCUT2D eigenvalue weighted by atomic mass is 16.1. The standard InChI is InChI=1S/C19H29N3O/c1-22(2)12-11-21-18(23)13-15-14-19(7-9-20-10-8-19)17-6-4-3-5-16(15)17/h3-6,15,20H,7-14H2,1-2H3,(H,21,23)/t15-/m1/s1. The first-order valence-corrected chi connectivity index (χ1v) is 8.82. The van der Waals surface area contributed by atoms with Crippen LogP contribution >= 0.6 is 0 Å². The zero-order valence-electron chi connectivity index (χ0n) is 14.4. The summed E-state index contributed by atoms with van der Waals surface area (Å²) < 4.78 is 0. The molecule has 1 atom stereocenters. The minimum atomic E-state index is 0.192. The van der Waals surface area contributed by atoms with Gasteiger partial charge in [0.1, 0.15) is 0 Å². The van der Waals surface area contributed by atoms with E-state index in [2.05, 4.69) is 39.8 Å². The van der Waals surface area contributed by atoms with Crippen LogP contribution in [0.25, 0.3) is 0 Å². The van der Waals surface area contributed by atoms with E-state index in [1.165, 1.54) is 24.0 Å². The fourth-order valence-corrected chi connectivity index (χ4v) is 4.30. The highest BCUT2D eigenvalue weighted by molar-refractivity contribution is 5.77. The minimum absolute atomic E-state index is 0.192. The normalized spacial score (nSPS) is 22.3. The largest absolute Gasteiger partial charge is 0.355 e. The Balaban J connectivity index is 1.68. The topological polar surface area (TPSA) is 44.4 Å². The quantitative estimate of drug-likeness (QED) is 0.872. The van der Waals surface area contributed by atoms with Crippen molar-refractivity contribution in [1.29, 1.82) is 0 Å². The van der Waals surface area contributed by atoms with Gasteiger partial charge in [-0.1, -0.05) is 24.3 Å². The maximum Gasteiger partial charge on any atom is 0.220 e. The second-order valence-corrected chi connectivity index (χ2v) is 7.38. The summed E-state index contributed by atoms with van der Waals surface area (Å²) in [6.07, 6.45) is 4.15.